The van der Waals surface area contributed by atoms with Gasteiger partial charge in [-0.05, 0) is 29.9 Å². The fraction of sp³-hybridized carbons (Fsp3) is 0.455. The molecule has 0 saturated heterocycles. The van der Waals surface area contributed by atoms with Crippen molar-refractivity contribution in [1.82, 2.24) is 9.80 Å². The zero-order chi connectivity index (χ0) is 19.5. The lowest BCUT2D eigenvalue weighted by Gasteiger charge is -2.27. The van der Waals surface area contributed by atoms with Gasteiger partial charge in [-0.15, -0.1) is 11.3 Å². The smallest absolute Gasteiger partial charge is 0.242 e. The summed E-state index contributed by atoms with van der Waals surface area (Å²) < 4.78 is 0. The summed E-state index contributed by atoms with van der Waals surface area (Å²) in [6.07, 6.45) is 3.23. The Balaban J connectivity index is 2.09. The van der Waals surface area contributed by atoms with Gasteiger partial charge in [0, 0.05) is 24.4 Å². The van der Waals surface area contributed by atoms with E-state index in [9.17, 15) is 9.59 Å². The number of thiophene rings is 1. The Labute approximate surface area is 166 Å². The molecule has 27 heavy (non-hydrogen) atoms. The third kappa shape index (κ3) is 7.18. The summed E-state index contributed by atoms with van der Waals surface area (Å²) in [5.74, 6) is 0.0911. The van der Waals surface area contributed by atoms with Crippen molar-refractivity contribution in [3.05, 3.63) is 58.3 Å². The van der Waals surface area contributed by atoms with Gasteiger partial charge in [0.2, 0.25) is 11.8 Å². The first-order valence-corrected chi connectivity index (χ1v) is 10.6. The Morgan fingerprint density at radius 2 is 1.67 bits per heavy atom. The Bertz CT molecular complexity index is 686. The van der Waals surface area contributed by atoms with E-state index in [1.54, 1.807) is 16.2 Å². The predicted octanol–water partition coefficient (Wildman–Crippen LogP) is 4.71. The number of hydrogen-bond donors (Lipinski definition) is 0. The maximum atomic E-state index is 13.1. The number of carbonyl (C=O) groups excluding carboxylic acids is 2. The van der Waals surface area contributed by atoms with Gasteiger partial charge in [-0.25, -0.2) is 0 Å². The van der Waals surface area contributed by atoms with E-state index >= 15 is 0 Å². The van der Waals surface area contributed by atoms with Crippen LogP contribution in [0.3, 0.4) is 0 Å². The SMILES string of the molecule is CCCCC(=O)N(CCC)CC(=O)N(Cc1ccccc1)Cc1cccs1. The normalized spacial score (nSPS) is 10.6. The van der Waals surface area contributed by atoms with Gasteiger partial charge in [0.25, 0.3) is 0 Å². The summed E-state index contributed by atoms with van der Waals surface area (Å²) in [5, 5.41) is 2.03. The molecule has 4 nitrogen and oxygen atoms in total. The molecule has 2 rings (SSSR count). The van der Waals surface area contributed by atoms with E-state index in [-0.39, 0.29) is 18.4 Å². The first kappa shape index (κ1) is 21.2. The van der Waals surface area contributed by atoms with Crippen molar-refractivity contribution in [2.24, 2.45) is 0 Å². The molecule has 0 saturated carbocycles. The first-order chi connectivity index (χ1) is 13.1. The van der Waals surface area contributed by atoms with Crippen LogP contribution in [-0.4, -0.2) is 34.7 Å². The highest BCUT2D eigenvalue weighted by atomic mass is 32.1. The van der Waals surface area contributed by atoms with Gasteiger partial charge >= 0.3 is 0 Å². The fourth-order valence-corrected chi connectivity index (χ4v) is 3.66. The minimum Gasteiger partial charge on any atom is -0.333 e. The molecule has 1 aromatic heterocycles. The van der Waals surface area contributed by atoms with Crippen molar-refractivity contribution >= 4 is 23.2 Å². The third-order valence-corrected chi connectivity index (χ3v) is 5.27. The van der Waals surface area contributed by atoms with Crippen molar-refractivity contribution in [2.75, 3.05) is 13.1 Å². The average molecular weight is 387 g/mol. The van der Waals surface area contributed by atoms with Crippen LogP contribution in [0.5, 0.6) is 0 Å². The van der Waals surface area contributed by atoms with Crippen LogP contribution >= 0.6 is 11.3 Å². The van der Waals surface area contributed by atoms with Crippen LogP contribution in [0.25, 0.3) is 0 Å². The van der Waals surface area contributed by atoms with Crippen molar-refractivity contribution < 1.29 is 9.59 Å². The average Bonchev–Trinajstić information content (AvgIpc) is 3.19. The molecule has 0 spiro atoms. The zero-order valence-electron chi connectivity index (χ0n) is 16.4. The summed E-state index contributed by atoms with van der Waals surface area (Å²) in [4.78, 5) is 30.3. The molecule has 0 aliphatic rings. The predicted molar refractivity (Wildman–Crippen MR) is 111 cm³/mol. The second kappa shape index (κ2) is 11.5. The lowest BCUT2D eigenvalue weighted by atomic mass is 10.2. The zero-order valence-corrected chi connectivity index (χ0v) is 17.2. The minimum atomic E-state index is 0.00514. The lowest BCUT2D eigenvalue weighted by molar-refractivity contribution is -0.141. The van der Waals surface area contributed by atoms with Gasteiger partial charge in [-0.2, -0.15) is 0 Å². The van der Waals surface area contributed by atoms with Gasteiger partial charge in [0.1, 0.15) is 0 Å². The molecule has 0 N–H and O–H groups in total. The van der Waals surface area contributed by atoms with E-state index < -0.39 is 0 Å². The molecule has 2 amide bonds. The van der Waals surface area contributed by atoms with Gasteiger partial charge < -0.3 is 9.80 Å². The monoisotopic (exact) mass is 386 g/mol. The Morgan fingerprint density at radius 3 is 2.30 bits per heavy atom. The molecule has 2 aromatic rings. The van der Waals surface area contributed by atoms with Crippen LogP contribution in [0.1, 0.15) is 50.0 Å². The van der Waals surface area contributed by atoms with Crippen LogP contribution in [0.4, 0.5) is 0 Å². The van der Waals surface area contributed by atoms with Gasteiger partial charge in [-0.3, -0.25) is 9.59 Å². The van der Waals surface area contributed by atoms with Gasteiger partial charge in [0.05, 0.1) is 13.1 Å². The number of nitrogens with zero attached hydrogens (tertiary/aromatic N) is 2. The summed E-state index contributed by atoms with van der Waals surface area (Å²) in [7, 11) is 0. The molecule has 0 aliphatic heterocycles. The minimum absolute atomic E-state index is 0.00514. The highest BCUT2D eigenvalue weighted by Gasteiger charge is 2.21. The molecule has 1 aromatic carbocycles. The van der Waals surface area contributed by atoms with E-state index in [1.807, 2.05) is 59.7 Å². The molecule has 146 valence electrons. The summed E-state index contributed by atoms with van der Waals surface area (Å²) in [5.41, 5.74) is 1.10. The van der Waals surface area contributed by atoms with Gasteiger partial charge in [0.15, 0.2) is 0 Å². The van der Waals surface area contributed by atoms with Crippen LogP contribution in [0, 0.1) is 0 Å². The highest BCUT2D eigenvalue weighted by Crippen LogP contribution is 2.15. The maximum absolute atomic E-state index is 13.1. The molecule has 0 bridgehead atoms. The number of carbonyl (C=O) groups is 2. The molecular weight excluding hydrogens is 356 g/mol. The summed E-state index contributed by atoms with van der Waals surface area (Å²) >= 11 is 1.65. The Kier molecular flexibility index (Phi) is 9.05. The van der Waals surface area contributed by atoms with Crippen LogP contribution in [0.15, 0.2) is 47.8 Å². The molecule has 0 atom stereocenters. The number of amides is 2. The standard InChI is InChI=1S/C22H30N2O2S/c1-3-5-13-21(25)23(14-4-2)18-22(26)24(17-20-12-9-15-27-20)16-19-10-7-6-8-11-19/h6-12,15H,3-5,13-14,16-18H2,1-2H3. The van der Waals surface area contributed by atoms with Crippen LogP contribution in [-0.2, 0) is 22.7 Å². The Morgan fingerprint density at radius 1 is 0.889 bits per heavy atom. The topological polar surface area (TPSA) is 40.6 Å². The molecular formula is C22H30N2O2S. The summed E-state index contributed by atoms with van der Waals surface area (Å²) in [6.45, 7) is 6.04. The maximum Gasteiger partial charge on any atom is 0.242 e. The van der Waals surface area contributed by atoms with Crippen molar-refractivity contribution in [1.29, 1.82) is 0 Å². The fourth-order valence-electron chi connectivity index (χ4n) is 2.94. The molecule has 0 radical (unpaired) electrons. The number of hydrogen-bond acceptors (Lipinski definition) is 3. The van der Waals surface area contributed by atoms with E-state index in [0.29, 0.717) is 26.1 Å². The van der Waals surface area contributed by atoms with E-state index in [0.717, 1.165) is 29.7 Å². The first-order valence-electron chi connectivity index (χ1n) is 9.75. The van der Waals surface area contributed by atoms with Crippen molar-refractivity contribution in [3.8, 4) is 0 Å². The molecule has 0 unspecified atom stereocenters. The second-order valence-electron chi connectivity index (χ2n) is 6.73. The lowest BCUT2D eigenvalue weighted by Crippen LogP contribution is -2.42. The number of unbranched alkanes of at least 4 members (excludes halogenated alkanes) is 1. The van der Waals surface area contributed by atoms with E-state index in [1.165, 1.54) is 0 Å². The van der Waals surface area contributed by atoms with Crippen LogP contribution < -0.4 is 0 Å². The van der Waals surface area contributed by atoms with Crippen molar-refractivity contribution in [3.63, 3.8) is 0 Å². The Hall–Kier alpha value is -2.14. The molecule has 0 fully saturated rings. The third-order valence-electron chi connectivity index (χ3n) is 4.41. The highest BCUT2D eigenvalue weighted by molar-refractivity contribution is 7.09. The largest absolute Gasteiger partial charge is 0.333 e. The number of benzene rings is 1. The molecule has 5 heteroatoms. The quantitative estimate of drug-likeness (QED) is 0.561. The summed E-state index contributed by atoms with van der Waals surface area (Å²) in [6, 6.07) is 14.1. The molecule has 0 aliphatic carbocycles. The molecule has 1 heterocycles. The van der Waals surface area contributed by atoms with Gasteiger partial charge in [-0.1, -0.05) is 56.7 Å². The number of rotatable bonds is 11. The van der Waals surface area contributed by atoms with Crippen LogP contribution in [0.2, 0.25) is 0 Å². The van der Waals surface area contributed by atoms with E-state index in [2.05, 4.69) is 6.92 Å². The van der Waals surface area contributed by atoms with E-state index in [4.69, 9.17) is 0 Å². The second-order valence-corrected chi connectivity index (χ2v) is 7.77. The van der Waals surface area contributed by atoms with Crippen molar-refractivity contribution in [2.45, 2.75) is 52.6 Å².